The number of methoxy groups -OCH3 is 1. The molecule has 0 fully saturated rings. The summed E-state index contributed by atoms with van der Waals surface area (Å²) in [5.74, 6) is 0.900. The average molecular weight is 271 g/mol. The second kappa shape index (κ2) is 4.48. The number of aryl methyl sites for hydroxylation is 2. The molecular formula is C14H13N3O3. The van der Waals surface area contributed by atoms with Crippen LogP contribution in [0.5, 0.6) is 0 Å². The summed E-state index contributed by atoms with van der Waals surface area (Å²) in [5, 5.41) is 4.37. The van der Waals surface area contributed by atoms with E-state index in [0.29, 0.717) is 17.2 Å². The van der Waals surface area contributed by atoms with Crippen molar-refractivity contribution in [1.29, 1.82) is 0 Å². The topological polar surface area (TPSA) is 69.6 Å². The number of nitrogens with zero attached hydrogens (tertiary/aromatic N) is 3. The maximum atomic E-state index is 11.4. The number of ether oxygens (including phenoxy) is 1. The van der Waals surface area contributed by atoms with Gasteiger partial charge in [-0.3, -0.25) is 0 Å². The molecule has 20 heavy (non-hydrogen) atoms. The summed E-state index contributed by atoms with van der Waals surface area (Å²) >= 11 is 0. The van der Waals surface area contributed by atoms with Gasteiger partial charge in [0.1, 0.15) is 11.5 Å². The van der Waals surface area contributed by atoms with Crippen LogP contribution in [0, 0.1) is 13.8 Å². The lowest BCUT2D eigenvalue weighted by molar-refractivity contribution is 0.0601. The first-order valence-corrected chi connectivity index (χ1v) is 6.11. The molecule has 0 saturated heterocycles. The smallest absolute Gasteiger partial charge is 0.337 e. The van der Waals surface area contributed by atoms with Crippen molar-refractivity contribution < 1.29 is 13.9 Å². The van der Waals surface area contributed by atoms with Gasteiger partial charge in [-0.1, -0.05) is 0 Å². The van der Waals surface area contributed by atoms with E-state index in [-0.39, 0.29) is 5.97 Å². The fourth-order valence-corrected chi connectivity index (χ4v) is 2.06. The number of imidazole rings is 1. The van der Waals surface area contributed by atoms with Gasteiger partial charge in [0.2, 0.25) is 11.6 Å². The Balaban J connectivity index is 2.02. The van der Waals surface area contributed by atoms with Crippen molar-refractivity contribution in [3.8, 4) is 11.5 Å². The first-order chi connectivity index (χ1) is 9.60. The van der Waals surface area contributed by atoms with E-state index in [4.69, 9.17) is 4.42 Å². The van der Waals surface area contributed by atoms with Crippen molar-refractivity contribution in [2.24, 2.45) is 0 Å². The number of hydrogen-bond donors (Lipinski definition) is 0. The van der Waals surface area contributed by atoms with Crippen LogP contribution in [0.15, 0.2) is 28.7 Å². The molecule has 1 aromatic carbocycles. The zero-order valence-electron chi connectivity index (χ0n) is 11.4. The van der Waals surface area contributed by atoms with E-state index in [2.05, 4.69) is 14.8 Å². The molecule has 2 aromatic heterocycles. The van der Waals surface area contributed by atoms with Crippen LogP contribution in [-0.4, -0.2) is 27.7 Å². The van der Waals surface area contributed by atoms with Gasteiger partial charge in [-0.15, -0.1) is 5.10 Å². The highest BCUT2D eigenvalue weighted by atomic mass is 16.5. The summed E-state index contributed by atoms with van der Waals surface area (Å²) in [7, 11) is 1.35. The van der Waals surface area contributed by atoms with E-state index < -0.39 is 0 Å². The molecule has 6 heteroatoms. The molecule has 0 atom stereocenters. The fourth-order valence-electron chi connectivity index (χ4n) is 2.06. The average Bonchev–Trinajstić information content (AvgIpc) is 3.01. The number of rotatable bonds is 2. The third-order valence-corrected chi connectivity index (χ3v) is 3.08. The number of carbonyl (C=O) groups excluding carboxylic acids is 1. The van der Waals surface area contributed by atoms with Crippen LogP contribution in [0.25, 0.3) is 17.2 Å². The van der Waals surface area contributed by atoms with Gasteiger partial charge in [-0.2, -0.15) is 4.52 Å². The van der Waals surface area contributed by atoms with Crippen molar-refractivity contribution >= 4 is 11.7 Å². The predicted molar refractivity (Wildman–Crippen MR) is 71.5 cm³/mol. The lowest BCUT2D eigenvalue weighted by atomic mass is 10.1. The predicted octanol–water partition coefficient (Wildman–Crippen LogP) is 2.39. The lowest BCUT2D eigenvalue weighted by Gasteiger charge is -1.99. The number of fused-ring (bicyclic) bond motifs is 1. The summed E-state index contributed by atoms with van der Waals surface area (Å²) in [4.78, 5) is 15.7. The minimum atomic E-state index is -0.368. The molecule has 3 rings (SSSR count). The van der Waals surface area contributed by atoms with E-state index in [1.807, 2.05) is 13.8 Å². The molecule has 0 bridgehead atoms. The second-order valence-corrected chi connectivity index (χ2v) is 4.44. The molecule has 0 radical (unpaired) electrons. The number of carbonyl (C=O) groups is 1. The molecule has 3 aromatic rings. The Bertz CT molecular complexity index is 749. The molecular weight excluding hydrogens is 258 g/mol. The fraction of sp³-hybridized carbons (Fsp3) is 0.214. The summed E-state index contributed by atoms with van der Waals surface area (Å²) in [6, 6.07) is 6.91. The number of esters is 1. The van der Waals surface area contributed by atoms with Gasteiger partial charge < -0.3 is 9.15 Å². The van der Waals surface area contributed by atoms with Crippen LogP contribution in [-0.2, 0) is 4.74 Å². The monoisotopic (exact) mass is 271 g/mol. The number of hydrogen-bond acceptors (Lipinski definition) is 5. The SMILES string of the molecule is COC(=O)c1ccc(-c2nn3c(C)nc(C)c3o2)cc1. The van der Waals surface area contributed by atoms with Crippen molar-refractivity contribution in [2.45, 2.75) is 13.8 Å². The summed E-state index contributed by atoms with van der Waals surface area (Å²) in [5.41, 5.74) is 2.71. The Hall–Kier alpha value is -2.63. The summed E-state index contributed by atoms with van der Waals surface area (Å²) in [6.45, 7) is 3.74. The van der Waals surface area contributed by atoms with E-state index >= 15 is 0 Å². The number of aromatic nitrogens is 3. The largest absolute Gasteiger partial charge is 0.465 e. The molecule has 0 aliphatic rings. The van der Waals surface area contributed by atoms with E-state index in [0.717, 1.165) is 17.1 Å². The maximum absolute atomic E-state index is 11.4. The Morgan fingerprint density at radius 1 is 1.25 bits per heavy atom. The summed E-state index contributed by atoms with van der Waals surface area (Å²) < 4.78 is 12.0. The van der Waals surface area contributed by atoms with Crippen LogP contribution < -0.4 is 0 Å². The van der Waals surface area contributed by atoms with Gasteiger partial charge in [0, 0.05) is 5.56 Å². The molecule has 0 N–H and O–H groups in total. The van der Waals surface area contributed by atoms with Crippen molar-refractivity contribution in [1.82, 2.24) is 14.6 Å². The molecule has 0 amide bonds. The Morgan fingerprint density at radius 3 is 2.55 bits per heavy atom. The Morgan fingerprint density at radius 2 is 1.95 bits per heavy atom. The second-order valence-electron chi connectivity index (χ2n) is 4.44. The highest BCUT2D eigenvalue weighted by Crippen LogP contribution is 2.22. The third-order valence-electron chi connectivity index (χ3n) is 3.08. The first kappa shape index (κ1) is 12.4. The van der Waals surface area contributed by atoms with Gasteiger partial charge in [-0.25, -0.2) is 9.78 Å². The minimum absolute atomic E-state index is 0.368. The maximum Gasteiger partial charge on any atom is 0.337 e. The first-order valence-electron chi connectivity index (χ1n) is 6.11. The zero-order chi connectivity index (χ0) is 14.3. The van der Waals surface area contributed by atoms with Gasteiger partial charge >= 0.3 is 5.97 Å². The molecule has 6 nitrogen and oxygen atoms in total. The molecule has 2 heterocycles. The van der Waals surface area contributed by atoms with E-state index in [9.17, 15) is 4.79 Å². The van der Waals surface area contributed by atoms with Crippen LogP contribution in [0.4, 0.5) is 0 Å². The van der Waals surface area contributed by atoms with Crippen molar-refractivity contribution in [2.75, 3.05) is 7.11 Å². The normalized spacial score (nSPS) is 10.9. The van der Waals surface area contributed by atoms with Gasteiger partial charge in [-0.05, 0) is 38.1 Å². The highest BCUT2D eigenvalue weighted by Gasteiger charge is 2.14. The third kappa shape index (κ3) is 1.85. The Labute approximate surface area is 115 Å². The van der Waals surface area contributed by atoms with Crippen LogP contribution in [0.2, 0.25) is 0 Å². The quantitative estimate of drug-likeness (QED) is 0.669. The molecule has 0 saturated carbocycles. The number of benzene rings is 1. The van der Waals surface area contributed by atoms with Crippen LogP contribution in [0.3, 0.4) is 0 Å². The lowest BCUT2D eigenvalue weighted by Crippen LogP contribution is -2.00. The molecule has 102 valence electrons. The van der Waals surface area contributed by atoms with E-state index in [1.54, 1.807) is 28.8 Å². The zero-order valence-corrected chi connectivity index (χ0v) is 11.4. The van der Waals surface area contributed by atoms with Crippen molar-refractivity contribution in [3.05, 3.63) is 41.3 Å². The van der Waals surface area contributed by atoms with E-state index in [1.165, 1.54) is 7.11 Å². The van der Waals surface area contributed by atoms with Gasteiger partial charge in [0.05, 0.1) is 12.7 Å². The summed E-state index contributed by atoms with van der Waals surface area (Å²) in [6.07, 6.45) is 0. The molecule has 0 aliphatic heterocycles. The Kier molecular flexibility index (Phi) is 2.78. The van der Waals surface area contributed by atoms with Crippen molar-refractivity contribution in [3.63, 3.8) is 0 Å². The van der Waals surface area contributed by atoms with Gasteiger partial charge in [0.25, 0.3) is 0 Å². The van der Waals surface area contributed by atoms with Crippen LogP contribution in [0.1, 0.15) is 21.9 Å². The highest BCUT2D eigenvalue weighted by molar-refractivity contribution is 5.89. The molecule has 0 unspecified atom stereocenters. The van der Waals surface area contributed by atoms with Gasteiger partial charge in [0.15, 0.2) is 0 Å². The standard InChI is InChI=1S/C14H13N3O3/c1-8-13-17(9(2)15-8)16-12(20-13)10-4-6-11(7-5-10)14(18)19-3/h4-7H,1-3H3. The molecule has 0 aliphatic carbocycles. The molecule has 0 spiro atoms. The minimum Gasteiger partial charge on any atom is -0.465 e. The van der Waals surface area contributed by atoms with Crippen LogP contribution >= 0.6 is 0 Å².